The molecule has 156 valence electrons. The largest absolute Gasteiger partial charge is 0.366 e. The van der Waals surface area contributed by atoms with Crippen LogP contribution >= 0.6 is 0 Å². The number of aromatic nitrogens is 5. The highest BCUT2D eigenvalue weighted by Gasteiger charge is 2.30. The Hall–Kier alpha value is -3.33. The molecule has 9 nitrogen and oxygen atoms in total. The normalized spacial score (nSPS) is 16.6. The van der Waals surface area contributed by atoms with Crippen LogP contribution in [0.1, 0.15) is 33.4 Å². The van der Waals surface area contributed by atoms with Crippen LogP contribution in [0.5, 0.6) is 0 Å². The number of morpholine rings is 1. The third-order valence-corrected chi connectivity index (χ3v) is 5.24. The second-order valence-electron chi connectivity index (χ2n) is 7.36. The summed E-state index contributed by atoms with van der Waals surface area (Å²) in [5.74, 6) is 0.142. The molecule has 1 aliphatic heterocycles. The lowest BCUT2D eigenvalue weighted by Gasteiger charge is -2.31. The average molecular weight is 408 g/mol. The number of hydrogen-bond acceptors (Lipinski definition) is 6. The maximum absolute atomic E-state index is 13.2. The number of benzene rings is 1. The Morgan fingerprint density at radius 1 is 1.23 bits per heavy atom. The van der Waals surface area contributed by atoms with Crippen molar-refractivity contribution in [2.45, 2.75) is 26.0 Å². The third-order valence-electron chi connectivity index (χ3n) is 5.24. The van der Waals surface area contributed by atoms with Crippen molar-refractivity contribution >= 4 is 5.91 Å². The van der Waals surface area contributed by atoms with Gasteiger partial charge >= 0.3 is 0 Å². The summed E-state index contributed by atoms with van der Waals surface area (Å²) in [5.41, 5.74) is 1.75. The number of carbonyl (C=O) groups is 1. The van der Waals surface area contributed by atoms with Crippen LogP contribution in [0.3, 0.4) is 0 Å². The second kappa shape index (κ2) is 8.58. The van der Waals surface area contributed by atoms with Gasteiger partial charge < -0.3 is 14.2 Å². The summed E-state index contributed by atoms with van der Waals surface area (Å²) in [5, 5.41) is 12.0. The fourth-order valence-electron chi connectivity index (χ4n) is 3.57. The molecule has 9 heteroatoms. The highest BCUT2D eigenvalue weighted by molar-refractivity contribution is 5.95. The van der Waals surface area contributed by atoms with E-state index in [-0.39, 0.29) is 23.6 Å². The van der Waals surface area contributed by atoms with Crippen LogP contribution in [0.15, 0.2) is 47.4 Å². The lowest BCUT2D eigenvalue weighted by atomic mass is 10.1. The first kappa shape index (κ1) is 20.0. The molecular weight excluding hydrogens is 384 g/mol. The summed E-state index contributed by atoms with van der Waals surface area (Å²) in [6.45, 7) is 3.34. The topological polar surface area (TPSA) is 95.1 Å². The van der Waals surface area contributed by atoms with E-state index in [0.717, 1.165) is 12.0 Å². The van der Waals surface area contributed by atoms with E-state index in [1.165, 1.54) is 4.80 Å². The maximum atomic E-state index is 13.2. The van der Waals surface area contributed by atoms with Gasteiger partial charge in [0.25, 0.3) is 11.5 Å². The Balaban J connectivity index is 1.53. The molecule has 1 unspecified atom stereocenters. The fraction of sp³-hybridized carbons (Fsp3) is 0.381. The smallest absolute Gasteiger partial charge is 0.263 e. The first-order valence-electron chi connectivity index (χ1n) is 9.91. The van der Waals surface area contributed by atoms with E-state index in [9.17, 15) is 9.59 Å². The van der Waals surface area contributed by atoms with E-state index in [0.29, 0.717) is 31.1 Å². The molecular formula is C21H24N6O3. The number of tetrazole rings is 1. The highest BCUT2D eigenvalue weighted by atomic mass is 16.5. The van der Waals surface area contributed by atoms with Gasteiger partial charge in [-0.3, -0.25) is 9.59 Å². The van der Waals surface area contributed by atoms with Crippen molar-refractivity contribution in [3.8, 4) is 0 Å². The zero-order valence-corrected chi connectivity index (χ0v) is 17.1. The Bertz CT molecular complexity index is 1090. The van der Waals surface area contributed by atoms with Crippen molar-refractivity contribution < 1.29 is 9.53 Å². The van der Waals surface area contributed by atoms with E-state index >= 15 is 0 Å². The van der Waals surface area contributed by atoms with Crippen LogP contribution in [0.25, 0.3) is 0 Å². The van der Waals surface area contributed by atoms with Gasteiger partial charge in [-0.25, -0.2) is 0 Å². The van der Waals surface area contributed by atoms with Gasteiger partial charge in [0.05, 0.1) is 20.2 Å². The van der Waals surface area contributed by atoms with Gasteiger partial charge in [0, 0.05) is 19.3 Å². The number of nitrogens with zero attached hydrogens (tertiary/aromatic N) is 6. The monoisotopic (exact) mass is 408 g/mol. The molecule has 0 N–H and O–H groups in total. The molecule has 0 aliphatic carbocycles. The van der Waals surface area contributed by atoms with Gasteiger partial charge in [-0.2, -0.15) is 4.80 Å². The molecule has 1 saturated heterocycles. The van der Waals surface area contributed by atoms with Gasteiger partial charge in [0.15, 0.2) is 0 Å². The third kappa shape index (κ3) is 4.16. The Kier molecular flexibility index (Phi) is 5.71. The van der Waals surface area contributed by atoms with Gasteiger partial charge in [0.2, 0.25) is 5.82 Å². The quantitative estimate of drug-likeness (QED) is 0.628. The standard InChI is InChI=1S/C21H24N6O3/c1-15-8-10-26(11-9-16-6-4-3-5-7-16)20(28)18(15)21(29)27-12-13-30-17(14-27)19-22-24-25(2)23-19/h3-8,10,17H,9,11-14H2,1-2H3. The number of amides is 1. The van der Waals surface area contributed by atoms with Gasteiger partial charge in [0.1, 0.15) is 11.7 Å². The fourth-order valence-corrected chi connectivity index (χ4v) is 3.57. The van der Waals surface area contributed by atoms with E-state index in [2.05, 4.69) is 15.4 Å². The number of hydrogen-bond donors (Lipinski definition) is 0. The van der Waals surface area contributed by atoms with Crippen molar-refractivity contribution in [1.82, 2.24) is 29.7 Å². The van der Waals surface area contributed by atoms with E-state index in [4.69, 9.17) is 4.74 Å². The van der Waals surface area contributed by atoms with Gasteiger partial charge in [-0.05, 0) is 35.8 Å². The molecule has 0 radical (unpaired) electrons. The molecule has 3 heterocycles. The lowest BCUT2D eigenvalue weighted by molar-refractivity contribution is -0.0270. The Morgan fingerprint density at radius 2 is 2.03 bits per heavy atom. The Morgan fingerprint density at radius 3 is 2.77 bits per heavy atom. The minimum atomic E-state index is -0.458. The molecule has 3 aromatic rings. The van der Waals surface area contributed by atoms with Crippen molar-refractivity contribution in [1.29, 1.82) is 0 Å². The summed E-state index contributed by atoms with van der Waals surface area (Å²) in [4.78, 5) is 29.3. The minimum absolute atomic E-state index is 0.207. The predicted molar refractivity (Wildman–Crippen MR) is 109 cm³/mol. The number of ether oxygens (including phenoxy) is 1. The average Bonchev–Trinajstić information content (AvgIpc) is 3.20. The first-order chi connectivity index (χ1) is 14.5. The van der Waals surface area contributed by atoms with Crippen LogP contribution in [0.4, 0.5) is 0 Å². The van der Waals surface area contributed by atoms with E-state index in [1.807, 2.05) is 36.4 Å². The molecule has 0 saturated carbocycles. The van der Waals surface area contributed by atoms with Crippen LogP contribution in [-0.2, 0) is 24.8 Å². The molecule has 1 amide bonds. The van der Waals surface area contributed by atoms with Crippen LogP contribution < -0.4 is 5.56 Å². The molecule has 0 spiro atoms. The molecule has 0 bridgehead atoms. The number of aryl methyl sites for hydroxylation is 4. The molecule has 4 rings (SSSR count). The van der Waals surface area contributed by atoms with Gasteiger partial charge in [-0.1, -0.05) is 30.3 Å². The van der Waals surface area contributed by atoms with E-state index < -0.39 is 6.10 Å². The molecule has 2 aromatic heterocycles. The van der Waals surface area contributed by atoms with Crippen LogP contribution in [-0.4, -0.2) is 55.3 Å². The van der Waals surface area contributed by atoms with Crippen molar-refractivity contribution in [2.24, 2.45) is 7.05 Å². The van der Waals surface area contributed by atoms with Crippen molar-refractivity contribution in [3.63, 3.8) is 0 Å². The van der Waals surface area contributed by atoms with E-state index in [1.54, 1.807) is 29.6 Å². The minimum Gasteiger partial charge on any atom is -0.366 e. The van der Waals surface area contributed by atoms with Crippen molar-refractivity contribution in [2.75, 3.05) is 19.7 Å². The summed E-state index contributed by atoms with van der Waals surface area (Å²) in [6, 6.07) is 11.8. The molecule has 1 aromatic carbocycles. The maximum Gasteiger partial charge on any atom is 0.263 e. The summed E-state index contributed by atoms with van der Waals surface area (Å²) < 4.78 is 7.32. The van der Waals surface area contributed by atoms with Crippen molar-refractivity contribution in [3.05, 3.63) is 75.5 Å². The molecule has 1 aliphatic rings. The number of carbonyl (C=O) groups excluding carboxylic acids is 1. The molecule has 1 atom stereocenters. The zero-order chi connectivity index (χ0) is 21.1. The highest BCUT2D eigenvalue weighted by Crippen LogP contribution is 2.20. The SMILES string of the molecule is Cc1ccn(CCc2ccccc2)c(=O)c1C(=O)N1CCOC(c2nnn(C)n2)C1. The lowest BCUT2D eigenvalue weighted by Crippen LogP contribution is -2.45. The second-order valence-corrected chi connectivity index (χ2v) is 7.36. The van der Waals surface area contributed by atoms with Crippen LogP contribution in [0.2, 0.25) is 0 Å². The molecule has 1 fully saturated rings. The molecule has 30 heavy (non-hydrogen) atoms. The van der Waals surface area contributed by atoms with Crippen LogP contribution in [0, 0.1) is 6.92 Å². The number of pyridine rings is 1. The summed E-state index contributed by atoms with van der Waals surface area (Å²) in [7, 11) is 1.67. The summed E-state index contributed by atoms with van der Waals surface area (Å²) in [6.07, 6.45) is 2.01. The predicted octanol–water partition coefficient (Wildman–Crippen LogP) is 1.14. The summed E-state index contributed by atoms with van der Waals surface area (Å²) >= 11 is 0. The number of rotatable bonds is 5. The zero-order valence-electron chi connectivity index (χ0n) is 17.1. The first-order valence-corrected chi connectivity index (χ1v) is 9.91. The van der Waals surface area contributed by atoms with Gasteiger partial charge in [-0.15, -0.1) is 10.2 Å². The Labute approximate surface area is 173 Å².